The summed E-state index contributed by atoms with van der Waals surface area (Å²) >= 11 is 1.82. The van der Waals surface area contributed by atoms with E-state index in [1.165, 1.54) is 41.9 Å². The molecule has 3 heterocycles. The maximum absolute atomic E-state index is 5.54. The summed E-state index contributed by atoms with van der Waals surface area (Å²) in [5, 5.41) is 9.41. The molecule has 0 amide bonds. The lowest BCUT2D eigenvalue weighted by atomic mass is 9.95. The van der Waals surface area contributed by atoms with E-state index in [0.717, 1.165) is 49.7 Å². The van der Waals surface area contributed by atoms with E-state index in [1.54, 1.807) is 0 Å². The minimum atomic E-state index is 0.629. The number of rotatable bonds is 3. The maximum Gasteiger partial charge on any atom is 0.179 e. The number of aromatic nitrogens is 3. The smallest absolute Gasteiger partial charge is 0.179 e. The predicted molar refractivity (Wildman–Crippen MR) is 199 cm³/mol. The first-order valence-electron chi connectivity index (χ1n) is 15.8. The van der Waals surface area contributed by atoms with E-state index in [4.69, 9.17) is 15.0 Å². The molecule has 0 saturated carbocycles. The van der Waals surface area contributed by atoms with Crippen molar-refractivity contribution in [3.05, 3.63) is 152 Å². The molecule has 0 radical (unpaired) electrons. The van der Waals surface area contributed by atoms with Crippen LogP contribution < -0.4 is 0 Å². The summed E-state index contributed by atoms with van der Waals surface area (Å²) < 4.78 is 2.46. The zero-order chi connectivity index (χ0) is 30.9. The third-order valence-corrected chi connectivity index (χ3v) is 10.4. The highest BCUT2D eigenvalue weighted by Crippen LogP contribution is 2.46. The fourth-order valence-corrected chi connectivity index (χ4v) is 8.36. The molecule has 0 aliphatic rings. The van der Waals surface area contributed by atoms with Gasteiger partial charge < -0.3 is 0 Å². The second-order valence-electron chi connectivity index (χ2n) is 11.9. The fourth-order valence-electron chi connectivity index (χ4n) is 7.15. The highest BCUT2D eigenvalue weighted by atomic mass is 32.1. The number of nitrogens with zero attached hydrogens (tertiary/aromatic N) is 3. The van der Waals surface area contributed by atoms with Crippen LogP contribution in [0.25, 0.3) is 97.4 Å². The van der Waals surface area contributed by atoms with Gasteiger partial charge in [0.25, 0.3) is 0 Å². The van der Waals surface area contributed by atoms with Gasteiger partial charge in [0, 0.05) is 37.2 Å². The Morgan fingerprint density at radius 3 is 1.79 bits per heavy atom. The number of fused-ring (bicyclic) bond motifs is 11. The summed E-state index contributed by atoms with van der Waals surface area (Å²) in [5.74, 6) is 0.629. The molecule has 4 heteroatoms. The number of hydrogen-bond donors (Lipinski definition) is 0. The predicted octanol–water partition coefficient (Wildman–Crippen LogP) is 11.9. The van der Waals surface area contributed by atoms with Crippen LogP contribution in [0.2, 0.25) is 0 Å². The Hall–Kier alpha value is -5.97. The van der Waals surface area contributed by atoms with Crippen molar-refractivity contribution in [1.29, 1.82) is 0 Å². The first-order chi connectivity index (χ1) is 23.3. The molecule has 7 aromatic carbocycles. The van der Waals surface area contributed by atoms with E-state index in [2.05, 4.69) is 140 Å². The number of benzene rings is 7. The van der Waals surface area contributed by atoms with Gasteiger partial charge in [0.15, 0.2) is 5.82 Å². The summed E-state index contributed by atoms with van der Waals surface area (Å²) in [4.78, 5) is 16.1. The monoisotopic (exact) mass is 615 g/mol. The molecule has 10 rings (SSSR count). The standard InChI is InChI=1S/C43H25N3S/c1-2-13-26(14-3-1)27-15-12-16-28(25-27)39-33-21-8-10-23-35(33)44-43(46-39)40-32-20-7-6-19-31(32)37-29-17-4-5-18-30(29)38-34-22-9-11-24-36(34)47-42(38)41(37)45-40/h1-25H. The second-order valence-corrected chi connectivity index (χ2v) is 13.0. The molecular weight excluding hydrogens is 591 g/mol. The first kappa shape index (κ1) is 26.3. The Morgan fingerprint density at radius 1 is 0.383 bits per heavy atom. The van der Waals surface area contributed by atoms with Crippen molar-refractivity contribution >= 4 is 74.9 Å². The zero-order valence-corrected chi connectivity index (χ0v) is 26.0. The molecule has 0 saturated heterocycles. The lowest BCUT2D eigenvalue weighted by Gasteiger charge is -2.14. The number of pyridine rings is 1. The molecule has 218 valence electrons. The normalized spacial score (nSPS) is 11.8. The van der Waals surface area contributed by atoms with Crippen molar-refractivity contribution in [3.63, 3.8) is 0 Å². The summed E-state index contributed by atoms with van der Waals surface area (Å²) in [6, 6.07) is 53.5. The average Bonchev–Trinajstić information content (AvgIpc) is 3.55. The molecule has 0 spiro atoms. The van der Waals surface area contributed by atoms with Gasteiger partial charge in [0.05, 0.1) is 21.4 Å². The van der Waals surface area contributed by atoms with Crippen molar-refractivity contribution in [1.82, 2.24) is 15.0 Å². The van der Waals surface area contributed by atoms with Crippen LogP contribution in [0.15, 0.2) is 152 Å². The SMILES string of the molecule is c1ccc(-c2cccc(-c3nc(-c4nc5c6sc7ccccc7c6c6ccccc6c5c5ccccc45)nc4ccccc34)c2)cc1. The van der Waals surface area contributed by atoms with Crippen molar-refractivity contribution < 1.29 is 0 Å². The molecular formula is C43H25N3S. The third kappa shape index (κ3) is 4.02. The third-order valence-electron chi connectivity index (χ3n) is 9.25. The van der Waals surface area contributed by atoms with E-state index < -0.39 is 0 Å². The van der Waals surface area contributed by atoms with Crippen LogP contribution in [0.5, 0.6) is 0 Å². The van der Waals surface area contributed by atoms with E-state index in [-0.39, 0.29) is 0 Å². The summed E-state index contributed by atoms with van der Waals surface area (Å²) in [6.45, 7) is 0. The van der Waals surface area contributed by atoms with Crippen LogP contribution in [0.4, 0.5) is 0 Å². The lowest BCUT2D eigenvalue weighted by molar-refractivity contribution is 1.20. The Morgan fingerprint density at radius 2 is 0.979 bits per heavy atom. The van der Waals surface area contributed by atoms with Gasteiger partial charge in [0.1, 0.15) is 5.69 Å². The van der Waals surface area contributed by atoms with Crippen LogP contribution in [0.1, 0.15) is 0 Å². The van der Waals surface area contributed by atoms with E-state index in [1.807, 2.05) is 23.5 Å². The Labute approximate surface area is 274 Å². The zero-order valence-electron chi connectivity index (χ0n) is 25.2. The molecule has 0 unspecified atom stereocenters. The topological polar surface area (TPSA) is 38.7 Å². The summed E-state index contributed by atoms with van der Waals surface area (Å²) in [5.41, 5.74) is 6.98. The first-order valence-corrected chi connectivity index (χ1v) is 16.6. The van der Waals surface area contributed by atoms with Crippen molar-refractivity contribution in [3.8, 4) is 33.9 Å². The van der Waals surface area contributed by atoms with Crippen molar-refractivity contribution in [2.24, 2.45) is 0 Å². The van der Waals surface area contributed by atoms with Crippen molar-refractivity contribution in [2.45, 2.75) is 0 Å². The van der Waals surface area contributed by atoms with Crippen LogP contribution in [0, 0.1) is 0 Å². The number of hydrogen-bond acceptors (Lipinski definition) is 4. The Kier molecular flexibility index (Phi) is 5.74. The average molecular weight is 616 g/mol. The Balaban J connectivity index is 1.32. The second kappa shape index (κ2) is 10.3. The van der Waals surface area contributed by atoms with Gasteiger partial charge in [-0.2, -0.15) is 0 Å². The van der Waals surface area contributed by atoms with Gasteiger partial charge in [-0.3, -0.25) is 0 Å². The highest BCUT2D eigenvalue weighted by Gasteiger charge is 2.21. The Bertz CT molecular complexity index is 2850. The summed E-state index contributed by atoms with van der Waals surface area (Å²) in [7, 11) is 0. The number of para-hydroxylation sites is 1. The molecule has 0 fully saturated rings. The van der Waals surface area contributed by atoms with E-state index in [9.17, 15) is 0 Å². The molecule has 0 N–H and O–H groups in total. The van der Waals surface area contributed by atoms with Gasteiger partial charge in [-0.25, -0.2) is 15.0 Å². The minimum absolute atomic E-state index is 0.629. The summed E-state index contributed by atoms with van der Waals surface area (Å²) in [6.07, 6.45) is 0. The molecule has 0 atom stereocenters. The highest BCUT2D eigenvalue weighted by molar-refractivity contribution is 7.27. The van der Waals surface area contributed by atoms with Gasteiger partial charge in [-0.05, 0) is 45.5 Å². The van der Waals surface area contributed by atoms with E-state index >= 15 is 0 Å². The maximum atomic E-state index is 5.54. The van der Waals surface area contributed by atoms with Crippen LogP contribution in [-0.2, 0) is 0 Å². The van der Waals surface area contributed by atoms with Crippen LogP contribution in [0.3, 0.4) is 0 Å². The molecule has 47 heavy (non-hydrogen) atoms. The largest absolute Gasteiger partial charge is 0.242 e. The van der Waals surface area contributed by atoms with Gasteiger partial charge in [-0.1, -0.05) is 133 Å². The van der Waals surface area contributed by atoms with Gasteiger partial charge >= 0.3 is 0 Å². The molecule has 0 aliphatic carbocycles. The molecule has 0 bridgehead atoms. The lowest BCUT2D eigenvalue weighted by Crippen LogP contribution is -1.99. The quantitative estimate of drug-likeness (QED) is 0.186. The minimum Gasteiger partial charge on any atom is -0.242 e. The van der Waals surface area contributed by atoms with E-state index in [0.29, 0.717) is 5.82 Å². The molecule has 0 aliphatic heterocycles. The van der Waals surface area contributed by atoms with Gasteiger partial charge in [0.2, 0.25) is 0 Å². The molecule has 3 aromatic heterocycles. The fraction of sp³-hybridized carbons (Fsp3) is 0. The van der Waals surface area contributed by atoms with Crippen LogP contribution >= 0.6 is 11.3 Å². The molecule has 10 aromatic rings. The van der Waals surface area contributed by atoms with Crippen LogP contribution in [-0.4, -0.2) is 15.0 Å². The number of thiophene rings is 1. The molecule has 3 nitrogen and oxygen atoms in total. The van der Waals surface area contributed by atoms with Crippen molar-refractivity contribution in [2.75, 3.05) is 0 Å². The van der Waals surface area contributed by atoms with Gasteiger partial charge in [-0.15, -0.1) is 11.3 Å².